The van der Waals surface area contributed by atoms with Crippen molar-refractivity contribution in [1.82, 2.24) is 9.97 Å². The van der Waals surface area contributed by atoms with Crippen molar-refractivity contribution >= 4 is 35.1 Å². The molecule has 1 aromatic carbocycles. The van der Waals surface area contributed by atoms with Crippen LogP contribution in [0.5, 0.6) is 0 Å². The number of nitrogen functional groups attached to an aromatic ring is 1. The molecule has 1 heterocycles. The summed E-state index contributed by atoms with van der Waals surface area (Å²) in [6, 6.07) is 7.61. The van der Waals surface area contributed by atoms with E-state index in [0.717, 1.165) is 28.6 Å². The van der Waals surface area contributed by atoms with Gasteiger partial charge in [-0.25, -0.2) is 4.98 Å². The molecule has 0 saturated heterocycles. The van der Waals surface area contributed by atoms with Crippen molar-refractivity contribution in [3.63, 3.8) is 0 Å². The zero-order valence-corrected chi connectivity index (χ0v) is 13.4. The van der Waals surface area contributed by atoms with Crippen molar-refractivity contribution in [3.05, 3.63) is 35.5 Å². The molecule has 4 N–H and O–H groups in total. The average molecular weight is 337 g/mol. The van der Waals surface area contributed by atoms with Gasteiger partial charge in [-0.2, -0.15) is 4.98 Å². The number of anilines is 2. The SMILES string of the molecule is Nc1ncc(Sc2ccc(Cl)cc2)c(NC[C@@H]2C[C@@H]2CO)n1. The Balaban J connectivity index is 1.71. The summed E-state index contributed by atoms with van der Waals surface area (Å²) in [6.45, 7) is 1.04. The standard InChI is InChI=1S/C15H17ClN4OS/c16-11-1-3-12(4-2-11)22-13-7-19-15(17)20-14(13)18-6-9-5-10(9)8-21/h1-4,7,9-10,21H,5-6,8H2,(H3,17,18,19,20)/t9-,10+/m0/s1. The molecule has 0 unspecified atom stereocenters. The number of hydrogen-bond acceptors (Lipinski definition) is 6. The minimum absolute atomic E-state index is 0.248. The second kappa shape index (κ2) is 6.73. The number of halogens is 1. The molecule has 0 spiro atoms. The molecule has 0 aliphatic heterocycles. The van der Waals surface area contributed by atoms with Crippen LogP contribution in [0.15, 0.2) is 40.3 Å². The van der Waals surface area contributed by atoms with Gasteiger partial charge in [0.05, 0.1) is 4.90 Å². The Labute approximate surface area is 138 Å². The van der Waals surface area contributed by atoms with Gasteiger partial charge >= 0.3 is 0 Å². The predicted octanol–water partition coefficient (Wildman–Crippen LogP) is 2.90. The van der Waals surface area contributed by atoms with Crippen LogP contribution < -0.4 is 11.1 Å². The summed E-state index contributed by atoms with van der Waals surface area (Å²) >= 11 is 7.46. The lowest BCUT2D eigenvalue weighted by Gasteiger charge is -2.11. The molecular weight excluding hydrogens is 320 g/mol. The van der Waals surface area contributed by atoms with E-state index in [1.807, 2.05) is 24.3 Å². The third-order valence-corrected chi connectivity index (χ3v) is 4.93. The van der Waals surface area contributed by atoms with Crippen LogP contribution in [0.4, 0.5) is 11.8 Å². The fourth-order valence-electron chi connectivity index (χ4n) is 2.23. The van der Waals surface area contributed by atoms with Crippen LogP contribution in [-0.4, -0.2) is 28.2 Å². The molecule has 2 aromatic rings. The fourth-order valence-corrected chi connectivity index (χ4v) is 3.20. The van der Waals surface area contributed by atoms with Gasteiger partial charge in [0.2, 0.25) is 5.95 Å². The van der Waals surface area contributed by atoms with Gasteiger partial charge in [0, 0.05) is 29.3 Å². The summed E-state index contributed by atoms with van der Waals surface area (Å²) in [7, 11) is 0. The number of rotatable bonds is 6. The topological polar surface area (TPSA) is 84.1 Å². The van der Waals surface area contributed by atoms with Crippen LogP contribution >= 0.6 is 23.4 Å². The third kappa shape index (κ3) is 3.82. The highest BCUT2D eigenvalue weighted by atomic mass is 35.5. The normalized spacial score (nSPS) is 19.9. The molecule has 7 heteroatoms. The first-order valence-electron chi connectivity index (χ1n) is 7.06. The van der Waals surface area contributed by atoms with Gasteiger partial charge in [0.1, 0.15) is 5.82 Å². The molecule has 1 saturated carbocycles. The Bertz CT molecular complexity index is 652. The highest BCUT2D eigenvalue weighted by Gasteiger charge is 2.35. The number of nitrogens with zero attached hydrogens (tertiary/aromatic N) is 2. The van der Waals surface area contributed by atoms with E-state index in [9.17, 15) is 0 Å². The molecular formula is C15H17ClN4OS. The van der Waals surface area contributed by atoms with Crippen molar-refractivity contribution < 1.29 is 5.11 Å². The van der Waals surface area contributed by atoms with Crippen LogP contribution in [-0.2, 0) is 0 Å². The summed E-state index contributed by atoms with van der Waals surface area (Å²) < 4.78 is 0. The highest BCUT2D eigenvalue weighted by Crippen LogP contribution is 2.39. The number of aliphatic hydroxyl groups excluding tert-OH is 1. The quantitative estimate of drug-likeness (QED) is 0.752. The lowest BCUT2D eigenvalue weighted by molar-refractivity contribution is 0.270. The van der Waals surface area contributed by atoms with Gasteiger partial charge in [-0.3, -0.25) is 0 Å². The number of aromatic nitrogens is 2. The van der Waals surface area contributed by atoms with Crippen molar-refractivity contribution in [2.75, 3.05) is 24.2 Å². The smallest absolute Gasteiger partial charge is 0.221 e. The first-order valence-corrected chi connectivity index (χ1v) is 8.26. The van der Waals surface area contributed by atoms with Gasteiger partial charge in [-0.1, -0.05) is 23.4 Å². The zero-order chi connectivity index (χ0) is 15.5. The molecule has 1 aliphatic carbocycles. The monoisotopic (exact) mass is 336 g/mol. The summed E-state index contributed by atoms with van der Waals surface area (Å²) in [5.41, 5.74) is 5.69. The minimum atomic E-state index is 0.248. The largest absolute Gasteiger partial charge is 0.396 e. The first kappa shape index (κ1) is 15.4. The van der Waals surface area contributed by atoms with Crippen LogP contribution in [0, 0.1) is 11.8 Å². The molecule has 5 nitrogen and oxygen atoms in total. The first-order chi connectivity index (χ1) is 10.7. The molecule has 0 radical (unpaired) electrons. The van der Waals surface area contributed by atoms with Crippen molar-refractivity contribution in [1.29, 1.82) is 0 Å². The van der Waals surface area contributed by atoms with Crippen molar-refractivity contribution in [2.45, 2.75) is 16.2 Å². The number of benzene rings is 1. The fraction of sp³-hybridized carbons (Fsp3) is 0.333. The maximum Gasteiger partial charge on any atom is 0.221 e. The Morgan fingerprint density at radius 3 is 2.77 bits per heavy atom. The molecule has 116 valence electrons. The summed E-state index contributed by atoms with van der Waals surface area (Å²) in [6.07, 6.45) is 2.78. The third-order valence-electron chi connectivity index (χ3n) is 3.65. The summed E-state index contributed by atoms with van der Waals surface area (Å²) in [5.74, 6) is 1.90. The van der Waals surface area contributed by atoms with Crippen molar-refractivity contribution in [2.24, 2.45) is 11.8 Å². The van der Waals surface area contributed by atoms with Crippen LogP contribution in [0.3, 0.4) is 0 Å². The minimum Gasteiger partial charge on any atom is -0.396 e. The van der Waals surface area contributed by atoms with E-state index in [-0.39, 0.29) is 12.6 Å². The molecule has 0 amide bonds. The molecule has 1 aromatic heterocycles. The van der Waals surface area contributed by atoms with Crippen LogP contribution in [0.1, 0.15) is 6.42 Å². The lowest BCUT2D eigenvalue weighted by atomic mass is 10.3. The van der Waals surface area contributed by atoms with E-state index in [1.54, 1.807) is 18.0 Å². The second-order valence-electron chi connectivity index (χ2n) is 5.32. The molecule has 22 heavy (non-hydrogen) atoms. The number of aliphatic hydroxyl groups is 1. The van der Waals surface area contributed by atoms with Gasteiger partial charge in [-0.05, 0) is 42.5 Å². The Kier molecular flexibility index (Phi) is 4.71. The highest BCUT2D eigenvalue weighted by molar-refractivity contribution is 7.99. The maximum atomic E-state index is 9.10. The maximum absolute atomic E-state index is 9.10. The number of nitrogens with two attached hydrogens (primary N) is 1. The van der Waals surface area contributed by atoms with E-state index >= 15 is 0 Å². The van der Waals surface area contributed by atoms with Gasteiger partial charge in [-0.15, -0.1) is 0 Å². The van der Waals surface area contributed by atoms with Crippen LogP contribution in [0.2, 0.25) is 5.02 Å². The predicted molar refractivity (Wildman–Crippen MR) is 89.2 cm³/mol. The Morgan fingerprint density at radius 2 is 2.09 bits per heavy atom. The van der Waals surface area contributed by atoms with Crippen molar-refractivity contribution in [3.8, 4) is 0 Å². The number of hydrogen-bond donors (Lipinski definition) is 3. The van der Waals surface area contributed by atoms with Gasteiger partial charge in [0.25, 0.3) is 0 Å². The molecule has 1 fully saturated rings. The van der Waals surface area contributed by atoms with Gasteiger partial charge in [0.15, 0.2) is 0 Å². The van der Waals surface area contributed by atoms with E-state index in [1.165, 1.54) is 0 Å². The zero-order valence-electron chi connectivity index (χ0n) is 11.9. The molecule has 3 rings (SSSR count). The van der Waals surface area contributed by atoms with E-state index in [4.69, 9.17) is 22.4 Å². The summed E-state index contributed by atoms with van der Waals surface area (Å²) in [4.78, 5) is 10.3. The Morgan fingerprint density at radius 1 is 1.32 bits per heavy atom. The molecule has 2 atom stereocenters. The van der Waals surface area contributed by atoms with E-state index in [2.05, 4.69) is 15.3 Å². The lowest BCUT2D eigenvalue weighted by Crippen LogP contribution is -2.10. The Hall–Kier alpha value is -1.50. The number of nitrogens with one attached hydrogen (secondary N) is 1. The van der Waals surface area contributed by atoms with Gasteiger partial charge < -0.3 is 16.2 Å². The van der Waals surface area contributed by atoms with E-state index in [0.29, 0.717) is 16.9 Å². The average Bonchev–Trinajstić information content (AvgIpc) is 3.28. The van der Waals surface area contributed by atoms with Crippen LogP contribution in [0.25, 0.3) is 0 Å². The van der Waals surface area contributed by atoms with E-state index < -0.39 is 0 Å². The molecule has 0 bridgehead atoms. The summed E-state index contributed by atoms with van der Waals surface area (Å²) in [5, 5.41) is 13.1. The molecule has 1 aliphatic rings. The second-order valence-corrected chi connectivity index (χ2v) is 6.87.